The summed E-state index contributed by atoms with van der Waals surface area (Å²) in [4.78, 5) is 2.33. The van der Waals surface area contributed by atoms with E-state index in [2.05, 4.69) is 21.8 Å². The largest absolute Gasteiger partial charge is 0.468 e. The lowest BCUT2D eigenvalue weighted by Gasteiger charge is -2.33. The van der Waals surface area contributed by atoms with Gasteiger partial charge >= 0.3 is 0 Å². The number of nitrogens with zero attached hydrogens (tertiary/aromatic N) is 4. The molecule has 1 aliphatic rings. The van der Waals surface area contributed by atoms with Crippen LogP contribution in [0.5, 0.6) is 0 Å². The third kappa shape index (κ3) is 2.91. The molecule has 0 radical (unpaired) electrons. The minimum absolute atomic E-state index is 0.104. The summed E-state index contributed by atoms with van der Waals surface area (Å²) in [5.41, 5.74) is 2.21. The van der Waals surface area contributed by atoms with Crippen LogP contribution < -0.4 is 0 Å². The molecule has 6 heteroatoms. The SMILES string of the molecule is C=CCOC[C@@H]1c2nnn(C)c2CCN1Cc1ccco1. The van der Waals surface area contributed by atoms with Crippen molar-refractivity contribution < 1.29 is 9.15 Å². The van der Waals surface area contributed by atoms with E-state index in [-0.39, 0.29) is 6.04 Å². The lowest BCUT2D eigenvalue weighted by atomic mass is 10.0. The van der Waals surface area contributed by atoms with Crippen LogP contribution in [0.15, 0.2) is 35.5 Å². The van der Waals surface area contributed by atoms with E-state index in [0.717, 1.165) is 31.0 Å². The molecule has 0 aliphatic carbocycles. The average molecular weight is 288 g/mol. The van der Waals surface area contributed by atoms with Gasteiger partial charge in [-0.1, -0.05) is 11.3 Å². The second kappa shape index (κ2) is 6.24. The molecule has 0 saturated heterocycles. The van der Waals surface area contributed by atoms with Gasteiger partial charge in [0.15, 0.2) is 0 Å². The molecule has 0 unspecified atom stereocenters. The van der Waals surface area contributed by atoms with E-state index in [1.807, 2.05) is 23.9 Å². The number of ether oxygens (including phenoxy) is 1. The van der Waals surface area contributed by atoms with Crippen LogP contribution >= 0.6 is 0 Å². The van der Waals surface area contributed by atoms with E-state index < -0.39 is 0 Å². The molecule has 3 heterocycles. The molecule has 1 aliphatic heterocycles. The van der Waals surface area contributed by atoms with Crippen molar-refractivity contribution in [3.63, 3.8) is 0 Å². The Balaban J connectivity index is 1.80. The highest BCUT2D eigenvalue weighted by molar-refractivity contribution is 5.19. The number of furan rings is 1. The first-order chi connectivity index (χ1) is 10.3. The fourth-order valence-corrected chi connectivity index (χ4v) is 2.76. The zero-order valence-corrected chi connectivity index (χ0v) is 12.2. The van der Waals surface area contributed by atoms with Gasteiger partial charge in [-0.2, -0.15) is 0 Å². The first kappa shape index (κ1) is 14.0. The Labute approximate surface area is 124 Å². The number of hydrogen-bond donors (Lipinski definition) is 0. The third-order valence-electron chi connectivity index (χ3n) is 3.82. The monoisotopic (exact) mass is 288 g/mol. The van der Waals surface area contributed by atoms with Crippen molar-refractivity contribution in [2.75, 3.05) is 19.8 Å². The molecule has 0 saturated carbocycles. The molecule has 0 spiro atoms. The van der Waals surface area contributed by atoms with Crippen LogP contribution in [0.3, 0.4) is 0 Å². The smallest absolute Gasteiger partial charge is 0.117 e. The molecule has 6 nitrogen and oxygen atoms in total. The van der Waals surface area contributed by atoms with Gasteiger partial charge in [0.1, 0.15) is 11.5 Å². The number of hydrogen-bond acceptors (Lipinski definition) is 5. The summed E-state index contributed by atoms with van der Waals surface area (Å²) in [6.45, 7) is 6.51. The van der Waals surface area contributed by atoms with Gasteiger partial charge in [-0.15, -0.1) is 11.7 Å². The number of rotatable bonds is 6. The number of fused-ring (bicyclic) bond motifs is 1. The lowest BCUT2D eigenvalue weighted by Crippen LogP contribution is -2.38. The maximum atomic E-state index is 5.67. The summed E-state index contributed by atoms with van der Waals surface area (Å²) in [7, 11) is 1.94. The Hall–Kier alpha value is -1.92. The summed E-state index contributed by atoms with van der Waals surface area (Å²) < 4.78 is 13.0. The first-order valence-electron chi connectivity index (χ1n) is 7.13. The molecule has 3 rings (SSSR count). The second-order valence-electron chi connectivity index (χ2n) is 5.19. The van der Waals surface area contributed by atoms with E-state index in [9.17, 15) is 0 Å². The van der Waals surface area contributed by atoms with Gasteiger partial charge in [-0.25, -0.2) is 0 Å². The molecule has 112 valence electrons. The maximum Gasteiger partial charge on any atom is 0.117 e. The van der Waals surface area contributed by atoms with Crippen LogP contribution in [0.25, 0.3) is 0 Å². The van der Waals surface area contributed by atoms with Crippen LogP contribution in [-0.2, 0) is 24.8 Å². The van der Waals surface area contributed by atoms with Crippen molar-refractivity contribution in [3.8, 4) is 0 Å². The lowest BCUT2D eigenvalue weighted by molar-refractivity contribution is 0.0562. The van der Waals surface area contributed by atoms with Crippen molar-refractivity contribution in [1.82, 2.24) is 19.9 Å². The van der Waals surface area contributed by atoms with E-state index >= 15 is 0 Å². The quantitative estimate of drug-likeness (QED) is 0.598. The van der Waals surface area contributed by atoms with Gasteiger partial charge in [0.05, 0.1) is 37.8 Å². The standard InChI is InChI=1S/C15H20N4O2/c1-3-8-20-11-14-15-13(18(2)17-16-15)6-7-19(14)10-12-5-4-9-21-12/h3-5,9,14H,1,6-8,10-11H2,2H3/t14-/m1/s1. The normalized spacial score (nSPS) is 18.6. The summed E-state index contributed by atoms with van der Waals surface area (Å²) in [5, 5.41) is 8.48. The fourth-order valence-electron chi connectivity index (χ4n) is 2.76. The van der Waals surface area contributed by atoms with Crippen molar-refractivity contribution in [3.05, 3.63) is 48.2 Å². The molecule has 0 fully saturated rings. The highest BCUT2D eigenvalue weighted by atomic mass is 16.5. The summed E-state index contributed by atoms with van der Waals surface area (Å²) in [6.07, 6.45) is 4.41. The zero-order chi connectivity index (χ0) is 14.7. The second-order valence-corrected chi connectivity index (χ2v) is 5.19. The number of aryl methyl sites for hydroxylation is 1. The summed E-state index contributed by atoms with van der Waals surface area (Å²) in [6, 6.07) is 4.01. The van der Waals surface area contributed by atoms with E-state index in [4.69, 9.17) is 9.15 Å². The highest BCUT2D eigenvalue weighted by Crippen LogP contribution is 2.29. The molecule has 2 aromatic rings. The summed E-state index contributed by atoms with van der Waals surface area (Å²) >= 11 is 0. The van der Waals surface area contributed by atoms with Crippen LogP contribution in [0.4, 0.5) is 0 Å². The molecule has 2 aromatic heterocycles. The Kier molecular flexibility index (Phi) is 4.17. The predicted molar refractivity (Wildman–Crippen MR) is 77.6 cm³/mol. The van der Waals surface area contributed by atoms with Gasteiger partial charge in [-0.3, -0.25) is 9.58 Å². The van der Waals surface area contributed by atoms with Crippen LogP contribution in [0.1, 0.15) is 23.2 Å². The van der Waals surface area contributed by atoms with E-state index in [0.29, 0.717) is 13.2 Å². The minimum Gasteiger partial charge on any atom is -0.468 e. The Morgan fingerprint density at radius 2 is 2.48 bits per heavy atom. The average Bonchev–Trinajstić information content (AvgIpc) is 3.11. The predicted octanol–water partition coefficient (Wildman–Crippen LogP) is 1.71. The molecular formula is C15H20N4O2. The van der Waals surface area contributed by atoms with Crippen molar-refractivity contribution in [1.29, 1.82) is 0 Å². The topological polar surface area (TPSA) is 56.3 Å². The highest BCUT2D eigenvalue weighted by Gasteiger charge is 2.32. The molecule has 0 aromatic carbocycles. The van der Waals surface area contributed by atoms with Gasteiger partial charge in [0.2, 0.25) is 0 Å². The van der Waals surface area contributed by atoms with E-state index in [1.54, 1.807) is 12.3 Å². The first-order valence-corrected chi connectivity index (χ1v) is 7.13. The zero-order valence-electron chi connectivity index (χ0n) is 12.2. The van der Waals surface area contributed by atoms with Gasteiger partial charge < -0.3 is 9.15 Å². The van der Waals surface area contributed by atoms with Gasteiger partial charge in [0, 0.05) is 20.0 Å². The van der Waals surface area contributed by atoms with Crippen LogP contribution in [-0.4, -0.2) is 39.7 Å². The molecule has 0 N–H and O–H groups in total. The molecule has 0 bridgehead atoms. The maximum absolute atomic E-state index is 5.67. The Morgan fingerprint density at radius 1 is 1.57 bits per heavy atom. The van der Waals surface area contributed by atoms with Gasteiger partial charge in [0.25, 0.3) is 0 Å². The van der Waals surface area contributed by atoms with Crippen LogP contribution in [0.2, 0.25) is 0 Å². The summed E-state index contributed by atoms with van der Waals surface area (Å²) in [5.74, 6) is 0.955. The minimum atomic E-state index is 0.104. The Morgan fingerprint density at radius 3 is 3.24 bits per heavy atom. The van der Waals surface area contributed by atoms with Crippen molar-refractivity contribution >= 4 is 0 Å². The molecule has 0 amide bonds. The third-order valence-corrected chi connectivity index (χ3v) is 3.82. The van der Waals surface area contributed by atoms with E-state index in [1.165, 1.54) is 5.69 Å². The fraction of sp³-hybridized carbons (Fsp3) is 0.467. The van der Waals surface area contributed by atoms with Crippen molar-refractivity contribution in [2.24, 2.45) is 7.05 Å². The van der Waals surface area contributed by atoms with Gasteiger partial charge in [-0.05, 0) is 12.1 Å². The number of aromatic nitrogens is 3. The molecule has 21 heavy (non-hydrogen) atoms. The van der Waals surface area contributed by atoms with Crippen molar-refractivity contribution in [2.45, 2.75) is 19.0 Å². The van der Waals surface area contributed by atoms with Crippen LogP contribution in [0, 0.1) is 0 Å². The molecular weight excluding hydrogens is 268 g/mol. The Bertz CT molecular complexity index is 591. The molecule has 1 atom stereocenters.